The van der Waals surface area contributed by atoms with Gasteiger partial charge in [0.1, 0.15) is 17.4 Å². The monoisotopic (exact) mass is 363 g/mol. The fraction of sp³-hybridized carbons (Fsp3) is 0.286. The maximum absolute atomic E-state index is 12.0. The predicted molar refractivity (Wildman–Crippen MR) is 102 cm³/mol. The number of amides is 2. The van der Waals surface area contributed by atoms with Crippen molar-refractivity contribution in [3.8, 4) is 28.8 Å². The molecule has 0 saturated carbocycles. The second-order valence-corrected chi connectivity index (χ2v) is 6.50. The number of likely N-dealkylation sites (tertiary alicyclic amines) is 1. The molecule has 1 aromatic carbocycles. The Morgan fingerprint density at radius 3 is 2.78 bits per heavy atom. The summed E-state index contributed by atoms with van der Waals surface area (Å²) >= 11 is 0. The van der Waals surface area contributed by atoms with Crippen molar-refractivity contribution in [2.45, 2.75) is 13.3 Å². The van der Waals surface area contributed by atoms with Gasteiger partial charge in [0.2, 0.25) is 5.91 Å². The fourth-order valence-electron chi connectivity index (χ4n) is 3.07. The number of benzene rings is 1. The number of ether oxygens (including phenoxy) is 1. The van der Waals surface area contributed by atoms with Crippen LogP contribution in [0, 0.1) is 24.7 Å². The fourth-order valence-corrected chi connectivity index (χ4v) is 3.07. The summed E-state index contributed by atoms with van der Waals surface area (Å²) in [5, 5.41) is 0. The van der Waals surface area contributed by atoms with Gasteiger partial charge in [-0.1, -0.05) is 24.0 Å². The first-order valence-electron chi connectivity index (χ1n) is 8.63. The maximum Gasteiger partial charge on any atom is 0.267 e. The van der Waals surface area contributed by atoms with Gasteiger partial charge in [-0.05, 0) is 25.5 Å². The Balaban J connectivity index is 1.96. The van der Waals surface area contributed by atoms with Crippen LogP contribution in [0.25, 0.3) is 11.3 Å². The first-order chi connectivity index (χ1) is 12.9. The highest BCUT2D eigenvalue weighted by atomic mass is 16.5. The number of hydrogen-bond acceptors (Lipinski definition) is 4. The molecule has 138 valence electrons. The first-order valence-corrected chi connectivity index (χ1v) is 8.63. The Hall–Kier alpha value is -3.33. The Morgan fingerprint density at radius 2 is 2.15 bits per heavy atom. The quantitative estimate of drug-likeness (QED) is 0.845. The molecule has 1 atom stereocenters. The van der Waals surface area contributed by atoms with E-state index in [1.165, 1.54) is 7.11 Å². The molecule has 2 N–H and O–H groups in total. The third-order valence-corrected chi connectivity index (χ3v) is 4.65. The average Bonchev–Trinajstić information content (AvgIpc) is 2.98. The van der Waals surface area contributed by atoms with Crippen molar-refractivity contribution >= 4 is 11.8 Å². The Kier molecular flexibility index (Phi) is 5.13. The van der Waals surface area contributed by atoms with Crippen LogP contribution in [0.5, 0.6) is 5.75 Å². The molecule has 1 saturated heterocycles. The summed E-state index contributed by atoms with van der Waals surface area (Å²) in [5.74, 6) is 5.89. The molecule has 2 heterocycles. The predicted octanol–water partition coefficient (Wildman–Crippen LogP) is 1.99. The summed E-state index contributed by atoms with van der Waals surface area (Å²) in [7, 11) is 3.33. The molecule has 1 aliphatic heterocycles. The molecule has 1 aromatic heterocycles. The van der Waals surface area contributed by atoms with Crippen molar-refractivity contribution in [3.05, 3.63) is 47.2 Å². The van der Waals surface area contributed by atoms with Crippen LogP contribution in [-0.4, -0.2) is 42.4 Å². The number of carbonyl (C=O) groups is 2. The molecule has 2 aromatic rings. The molecular formula is C21H21N3O3. The zero-order valence-electron chi connectivity index (χ0n) is 15.6. The summed E-state index contributed by atoms with van der Waals surface area (Å²) in [6.07, 6.45) is 0.751. The lowest BCUT2D eigenvalue weighted by atomic mass is 10.0. The van der Waals surface area contributed by atoms with Crippen LogP contribution in [0.1, 0.15) is 28.0 Å². The van der Waals surface area contributed by atoms with Gasteiger partial charge in [-0.2, -0.15) is 0 Å². The molecule has 0 spiro atoms. The van der Waals surface area contributed by atoms with E-state index < -0.39 is 5.91 Å². The van der Waals surface area contributed by atoms with Crippen LogP contribution < -0.4 is 10.5 Å². The van der Waals surface area contributed by atoms with Gasteiger partial charge in [0.15, 0.2) is 0 Å². The van der Waals surface area contributed by atoms with E-state index in [1.54, 1.807) is 24.9 Å². The molecular weight excluding hydrogens is 342 g/mol. The van der Waals surface area contributed by atoms with Gasteiger partial charge in [0.05, 0.1) is 12.8 Å². The number of hydrogen-bond donors (Lipinski definition) is 1. The van der Waals surface area contributed by atoms with E-state index in [0.29, 0.717) is 17.0 Å². The molecule has 6 nitrogen and oxygen atoms in total. The van der Waals surface area contributed by atoms with Gasteiger partial charge in [0.25, 0.3) is 5.91 Å². The van der Waals surface area contributed by atoms with Gasteiger partial charge >= 0.3 is 0 Å². The van der Waals surface area contributed by atoms with Gasteiger partial charge in [-0.25, -0.2) is 4.98 Å². The summed E-state index contributed by atoms with van der Waals surface area (Å²) in [6, 6.07) is 9.25. The normalized spacial score (nSPS) is 16.0. The van der Waals surface area contributed by atoms with Crippen LogP contribution in [0.3, 0.4) is 0 Å². The van der Waals surface area contributed by atoms with Crippen LogP contribution in [-0.2, 0) is 4.79 Å². The third kappa shape index (κ3) is 3.77. The van der Waals surface area contributed by atoms with Gasteiger partial charge in [-0.3, -0.25) is 9.59 Å². The highest BCUT2D eigenvalue weighted by Crippen LogP contribution is 2.27. The molecule has 0 aliphatic carbocycles. The summed E-state index contributed by atoms with van der Waals surface area (Å²) in [4.78, 5) is 29.8. The molecule has 1 fully saturated rings. The van der Waals surface area contributed by atoms with Crippen LogP contribution in [0.4, 0.5) is 0 Å². The Bertz CT molecular complexity index is 972. The average molecular weight is 363 g/mol. The minimum Gasteiger partial charge on any atom is -0.496 e. The minimum absolute atomic E-state index is 0.0645. The largest absolute Gasteiger partial charge is 0.496 e. The summed E-state index contributed by atoms with van der Waals surface area (Å²) in [5.41, 5.74) is 8.37. The minimum atomic E-state index is -0.604. The molecule has 1 unspecified atom stereocenters. The molecule has 2 amide bonds. The van der Waals surface area contributed by atoms with E-state index in [2.05, 4.69) is 16.8 Å². The van der Waals surface area contributed by atoms with Crippen molar-refractivity contribution in [3.63, 3.8) is 0 Å². The lowest BCUT2D eigenvalue weighted by molar-refractivity contribution is -0.128. The van der Waals surface area contributed by atoms with E-state index in [9.17, 15) is 9.59 Å². The summed E-state index contributed by atoms with van der Waals surface area (Å²) < 4.78 is 5.35. The van der Waals surface area contributed by atoms with Crippen LogP contribution in [0.2, 0.25) is 0 Å². The zero-order chi connectivity index (χ0) is 19.6. The van der Waals surface area contributed by atoms with Gasteiger partial charge < -0.3 is 15.4 Å². The van der Waals surface area contributed by atoms with E-state index in [0.717, 1.165) is 24.1 Å². The lowest BCUT2D eigenvalue weighted by Crippen LogP contribution is -2.21. The highest BCUT2D eigenvalue weighted by molar-refractivity contribution is 5.93. The van der Waals surface area contributed by atoms with Gasteiger partial charge in [-0.15, -0.1) is 0 Å². The maximum atomic E-state index is 12.0. The molecule has 27 heavy (non-hydrogen) atoms. The second kappa shape index (κ2) is 7.50. The molecule has 6 heteroatoms. The van der Waals surface area contributed by atoms with Crippen molar-refractivity contribution in [1.82, 2.24) is 9.88 Å². The molecule has 3 rings (SSSR count). The van der Waals surface area contributed by atoms with Crippen molar-refractivity contribution < 1.29 is 14.3 Å². The Morgan fingerprint density at radius 1 is 1.37 bits per heavy atom. The number of primary amides is 1. The summed E-state index contributed by atoms with van der Waals surface area (Å²) in [6.45, 7) is 2.48. The van der Waals surface area contributed by atoms with E-state index in [1.807, 2.05) is 24.3 Å². The molecule has 0 bridgehead atoms. The number of rotatable bonds is 3. The Labute approximate surface area is 158 Å². The molecule has 0 radical (unpaired) electrons. The zero-order valence-corrected chi connectivity index (χ0v) is 15.6. The topological polar surface area (TPSA) is 85.5 Å². The lowest BCUT2D eigenvalue weighted by Gasteiger charge is -2.11. The number of nitrogens with two attached hydrogens (primary N) is 1. The second-order valence-electron chi connectivity index (χ2n) is 6.50. The number of methoxy groups -OCH3 is 1. The molecule has 1 aliphatic rings. The van der Waals surface area contributed by atoms with Crippen LogP contribution in [0.15, 0.2) is 30.3 Å². The number of nitrogens with zero attached hydrogens (tertiary/aromatic N) is 2. The van der Waals surface area contributed by atoms with Gasteiger partial charge in [0, 0.05) is 36.3 Å². The number of aromatic nitrogens is 1. The highest BCUT2D eigenvalue weighted by Gasteiger charge is 2.27. The standard InChI is InChI=1S/C21H21N3O3/c1-13-18(27-3)12-17(23-19(13)20(22)25)16-6-4-5-14(11-16)7-8-15-9-10-24(2)21(15)26/h4-6,11-12,15H,9-10H2,1-3H3,(H2,22,25). The van der Waals surface area contributed by atoms with Crippen molar-refractivity contribution in [2.24, 2.45) is 11.7 Å². The van der Waals surface area contributed by atoms with Crippen molar-refractivity contribution in [1.29, 1.82) is 0 Å². The SMILES string of the molecule is COc1cc(-c2cccc(C#CC3CCN(C)C3=O)c2)nc(C(N)=O)c1C. The van der Waals surface area contributed by atoms with Crippen molar-refractivity contribution in [2.75, 3.05) is 20.7 Å². The smallest absolute Gasteiger partial charge is 0.267 e. The first kappa shape index (κ1) is 18.5. The van der Waals surface area contributed by atoms with E-state index >= 15 is 0 Å². The number of carbonyl (C=O) groups excluding carboxylic acids is 2. The van der Waals surface area contributed by atoms with Crippen LogP contribution >= 0.6 is 0 Å². The third-order valence-electron chi connectivity index (χ3n) is 4.65. The van der Waals surface area contributed by atoms with E-state index in [-0.39, 0.29) is 17.5 Å². The number of pyridine rings is 1. The van der Waals surface area contributed by atoms with E-state index in [4.69, 9.17) is 10.5 Å².